The summed E-state index contributed by atoms with van der Waals surface area (Å²) in [5, 5.41) is 15.4. The van der Waals surface area contributed by atoms with Crippen molar-refractivity contribution < 1.29 is 5.11 Å². The van der Waals surface area contributed by atoms with Crippen LogP contribution in [0.3, 0.4) is 0 Å². The number of aliphatic hydroxyl groups excluding tert-OH is 1. The van der Waals surface area contributed by atoms with E-state index >= 15 is 0 Å². The average molecular weight is 210 g/mol. The molecule has 0 aliphatic carbocycles. The second kappa shape index (κ2) is 9.49. The Bertz CT molecular complexity index is 202. The van der Waals surface area contributed by atoms with Gasteiger partial charge in [-0.2, -0.15) is 0 Å². The Morgan fingerprint density at radius 2 is 2.07 bits per heavy atom. The predicted octanol–water partition coefficient (Wildman–Crippen LogP) is 1.54. The summed E-state index contributed by atoms with van der Waals surface area (Å²) < 4.78 is 0. The third-order valence-corrected chi connectivity index (χ3v) is 1.95. The molecule has 2 unspecified atom stereocenters. The summed E-state index contributed by atoms with van der Waals surface area (Å²) in [6, 6.07) is 0.203. The highest BCUT2D eigenvalue weighted by molar-refractivity contribution is 4.98. The van der Waals surface area contributed by atoms with Gasteiger partial charge < -0.3 is 10.4 Å². The lowest BCUT2D eigenvalue weighted by Crippen LogP contribution is -2.28. The zero-order chi connectivity index (χ0) is 11.5. The molecule has 0 aliphatic rings. The van der Waals surface area contributed by atoms with Crippen molar-refractivity contribution in [1.82, 2.24) is 10.6 Å². The Labute approximate surface area is 92.6 Å². The van der Waals surface area contributed by atoms with Gasteiger partial charge in [-0.25, -0.2) is 0 Å². The minimum atomic E-state index is -0.576. The molecule has 0 saturated carbocycles. The van der Waals surface area contributed by atoms with E-state index < -0.39 is 6.23 Å². The van der Waals surface area contributed by atoms with E-state index in [-0.39, 0.29) is 6.04 Å². The van der Waals surface area contributed by atoms with Crippen molar-refractivity contribution in [3.8, 4) is 0 Å². The van der Waals surface area contributed by atoms with Crippen LogP contribution in [-0.2, 0) is 0 Å². The molecule has 0 saturated heterocycles. The molecular weight excluding hydrogens is 188 g/mol. The molecule has 0 aromatic rings. The molecule has 0 amide bonds. The molecule has 2 atom stereocenters. The fourth-order valence-corrected chi connectivity index (χ4v) is 1.20. The lowest BCUT2D eigenvalue weighted by atomic mass is 10.1. The van der Waals surface area contributed by atoms with E-state index in [4.69, 9.17) is 0 Å². The van der Waals surface area contributed by atoms with Gasteiger partial charge in [-0.15, -0.1) is 6.58 Å². The molecule has 86 valence electrons. The minimum absolute atomic E-state index is 0.203. The molecule has 0 aliphatic heterocycles. The predicted molar refractivity (Wildman–Crippen MR) is 65.4 cm³/mol. The summed E-state index contributed by atoms with van der Waals surface area (Å²) in [6.45, 7) is 10.0. The molecular formula is C12H22N2O. The van der Waals surface area contributed by atoms with Gasteiger partial charge in [-0.05, 0) is 31.7 Å². The number of rotatable bonds is 9. The van der Waals surface area contributed by atoms with Crippen molar-refractivity contribution in [2.24, 2.45) is 0 Å². The van der Waals surface area contributed by atoms with Gasteiger partial charge in [0.05, 0.1) is 0 Å². The van der Waals surface area contributed by atoms with Gasteiger partial charge in [-0.1, -0.05) is 25.7 Å². The molecule has 3 heteroatoms. The largest absolute Gasteiger partial charge is 0.385 e. The summed E-state index contributed by atoms with van der Waals surface area (Å²) in [5.74, 6) is 0. The summed E-state index contributed by atoms with van der Waals surface area (Å²) in [5.41, 5.74) is 0. The van der Waals surface area contributed by atoms with Crippen LogP contribution in [0.5, 0.6) is 0 Å². The van der Waals surface area contributed by atoms with Gasteiger partial charge in [0.2, 0.25) is 0 Å². The lowest BCUT2D eigenvalue weighted by molar-refractivity contribution is 0.187. The molecule has 0 heterocycles. The highest BCUT2D eigenvalue weighted by Crippen LogP contribution is 2.00. The molecule has 3 N–H and O–H groups in total. The molecule has 3 nitrogen and oxygen atoms in total. The van der Waals surface area contributed by atoms with Gasteiger partial charge in [0.25, 0.3) is 0 Å². The van der Waals surface area contributed by atoms with Gasteiger partial charge >= 0.3 is 0 Å². The Morgan fingerprint density at radius 1 is 1.33 bits per heavy atom. The molecule has 0 rings (SSSR count). The summed E-state index contributed by atoms with van der Waals surface area (Å²) >= 11 is 0. The summed E-state index contributed by atoms with van der Waals surface area (Å²) in [6.07, 6.45) is 8.54. The Kier molecular flexibility index (Phi) is 8.82. The Morgan fingerprint density at radius 3 is 2.60 bits per heavy atom. The molecule has 0 fully saturated rings. The van der Waals surface area contributed by atoms with Crippen LogP contribution in [0.1, 0.15) is 19.8 Å². The van der Waals surface area contributed by atoms with Crippen molar-refractivity contribution >= 4 is 0 Å². The maximum absolute atomic E-state index is 9.42. The number of likely N-dealkylation sites (N-methyl/N-ethyl adjacent to an activating group) is 1. The fourth-order valence-electron chi connectivity index (χ4n) is 1.20. The van der Waals surface area contributed by atoms with Gasteiger partial charge in [0, 0.05) is 6.04 Å². The summed E-state index contributed by atoms with van der Waals surface area (Å²) in [4.78, 5) is 0. The fraction of sp³-hybridized carbons (Fsp3) is 0.500. The monoisotopic (exact) mass is 210 g/mol. The number of nitrogens with one attached hydrogen (secondary N) is 2. The van der Waals surface area contributed by atoms with Gasteiger partial charge in [-0.3, -0.25) is 5.32 Å². The smallest absolute Gasteiger partial charge is 0.124 e. The van der Waals surface area contributed by atoms with Crippen molar-refractivity contribution in [3.05, 3.63) is 37.6 Å². The van der Waals surface area contributed by atoms with Crippen LogP contribution >= 0.6 is 0 Å². The van der Waals surface area contributed by atoms with Crippen molar-refractivity contribution in [1.29, 1.82) is 0 Å². The average Bonchev–Trinajstić information content (AvgIpc) is 2.22. The molecule has 0 aromatic heterocycles. The first-order valence-corrected chi connectivity index (χ1v) is 5.32. The van der Waals surface area contributed by atoms with Crippen LogP contribution in [-0.4, -0.2) is 23.9 Å². The van der Waals surface area contributed by atoms with Crippen molar-refractivity contribution in [2.75, 3.05) is 6.54 Å². The Balaban J connectivity index is 4.00. The third-order valence-electron chi connectivity index (χ3n) is 1.95. The molecule has 0 aromatic carbocycles. The molecule has 15 heavy (non-hydrogen) atoms. The maximum Gasteiger partial charge on any atom is 0.124 e. The van der Waals surface area contributed by atoms with Crippen LogP contribution < -0.4 is 10.6 Å². The van der Waals surface area contributed by atoms with E-state index in [1.165, 1.54) is 0 Å². The van der Waals surface area contributed by atoms with E-state index in [1.807, 2.05) is 19.1 Å². The van der Waals surface area contributed by atoms with Crippen LogP contribution in [0.2, 0.25) is 0 Å². The molecule has 0 radical (unpaired) electrons. The lowest BCUT2D eigenvalue weighted by Gasteiger charge is -2.13. The minimum Gasteiger partial charge on any atom is -0.385 e. The van der Waals surface area contributed by atoms with Gasteiger partial charge in [0.15, 0.2) is 0 Å². The normalized spacial score (nSPS) is 14.8. The second-order valence-corrected chi connectivity index (χ2v) is 3.23. The zero-order valence-electron chi connectivity index (χ0n) is 9.45. The molecule has 0 spiro atoms. The number of aliphatic hydroxyl groups is 1. The maximum atomic E-state index is 9.42. The first-order chi connectivity index (χ1) is 7.24. The number of allylic oxidation sites excluding steroid dienone is 1. The highest BCUT2D eigenvalue weighted by Gasteiger charge is 2.01. The standard InChI is InChI=1S/C12H22N2O/c1-4-7-8-11(13-5-2)9-10-12(15)14-6-3/h4-5,9-15H,1-2,6-8H2,3H3/b10-9+. The first kappa shape index (κ1) is 13.9. The van der Waals surface area contributed by atoms with Crippen molar-refractivity contribution in [2.45, 2.75) is 32.0 Å². The first-order valence-electron chi connectivity index (χ1n) is 5.32. The van der Waals surface area contributed by atoms with E-state index in [0.29, 0.717) is 0 Å². The van der Waals surface area contributed by atoms with Crippen LogP contribution in [0.15, 0.2) is 37.6 Å². The number of hydrogen-bond donors (Lipinski definition) is 3. The van der Waals surface area contributed by atoms with E-state index in [2.05, 4.69) is 23.8 Å². The molecule has 0 bridgehead atoms. The van der Waals surface area contributed by atoms with E-state index in [1.54, 1.807) is 12.3 Å². The third kappa shape index (κ3) is 7.97. The summed E-state index contributed by atoms with van der Waals surface area (Å²) in [7, 11) is 0. The van der Waals surface area contributed by atoms with Crippen molar-refractivity contribution in [3.63, 3.8) is 0 Å². The van der Waals surface area contributed by atoms with Gasteiger partial charge in [0.1, 0.15) is 6.23 Å². The SMILES string of the molecule is C=CCCC(/C=C/C(O)NCC)NC=C. The van der Waals surface area contributed by atoms with Crippen LogP contribution in [0, 0.1) is 0 Å². The van der Waals surface area contributed by atoms with Crippen LogP contribution in [0.4, 0.5) is 0 Å². The van der Waals surface area contributed by atoms with E-state index in [0.717, 1.165) is 19.4 Å². The quantitative estimate of drug-likeness (QED) is 0.399. The zero-order valence-corrected chi connectivity index (χ0v) is 9.45. The van der Waals surface area contributed by atoms with E-state index in [9.17, 15) is 5.11 Å². The van der Waals surface area contributed by atoms with Crippen LogP contribution in [0.25, 0.3) is 0 Å². The second-order valence-electron chi connectivity index (χ2n) is 3.23. The Hall–Kier alpha value is -1.06. The highest BCUT2D eigenvalue weighted by atomic mass is 16.3. The topological polar surface area (TPSA) is 44.3 Å². The number of hydrogen-bond acceptors (Lipinski definition) is 3.